The largest absolute Gasteiger partial charge is 0.317 e. The topological polar surface area (TPSA) is 29.1 Å². The van der Waals surface area contributed by atoms with Gasteiger partial charge in [0.25, 0.3) is 0 Å². The van der Waals surface area contributed by atoms with E-state index in [9.17, 15) is 4.21 Å². The van der Waals surface area contributed by atoms with Gasteiger partial charge >= 0.3 is 0 Å². The third kappa shape index (κ3) is 4.09. The lowest BCUT2D eigenvalue weighted by Crippen LogP contribution is -2.22. The van der Waals surface area contributed by atoms with Crippen molar-refractivity contribution in [3.8, 4) is 0 Å². The van der Waals surface area contributed by atoms with Gasteiger partial charge in [-0.15, -0.1) is 0 Å². The van der Waals surface area contributed by atoms with Crippen molar-refractivity contribution in [1.82, 2.24) is 5.32 Å². The van der Waals surface area contributed by atoms with Gasteiger partial charge in [0.15, 0.2) is 0 Å². The van der Waals surface area contributed by atoms with Crippen LogP contribution in [0.2, 0.25) is 0 Å². The summed E-state index contributed by atoms with van der Waals surface area (Å²) in [6.07, 6.45) is 7.25. The highest BCUT2D eigenvalue weighted by Crippen LogP contribution is 2.23. The molecule has 0 saturated heterocycles. The van der Waals surface area contributed by atoms with Crippen LogP contribution in [0.15, 0.2) is 0 Å². The van der Waals surface area contributed by atoms with Gasteiger partial charge in [-0.1, -0.05) is 12.8 Å². The lowest BCUT2D eigenvalue weighted by molar-refractivity contribution is 0.556. The molecule has 0 spiro atoms. The maximum Gasteiger partial charge on any atom is 0.0348 e. The minimum Gasteiger partial charge on any atom is -0.317 e. The summed E-state index contributed by atoms with van der Waals surface area (Å²) < 4.78 is 11.8. The van der Waals surface area contributed by atoms with Crippen LogP contribution in [0.4, 0.5) is 0 Å². The molecule has 84 valence electrons. The molecule has 3 heteroatoms. The Morgan fingerprint density at radius 2 is 2.07 bits per heavy atom. The van der Waals surface area contributed by atoms with E-state index in [1.54, 1.807) is 0 Å². The summed E-state index contributed by atoms with van der Waals surface area (Å²) in [5.41, 5.74) is 0. The van der Waals surface area contributed by atoms with Crippen molar-refractivity contribution in [3.63, 3.8) is 0 Å². The van der Waals surface area contributed by atoms with Crippen molar-refractivity contribution in [1.29, 1.82) is 0 Å². The third-order valence-corrected chi connectivity index (χ3v) is 5.06. The van der Waals surface area contributed by atoms with Crippen molar-refractivity contribution < 1.29 is 4.21 Å². The predicted molar refractivity (Wildman–Crippen MR) is 63.0 cm³/mol. The Bertz CT molecular complexity index is 178. The van der Waals surface area contributed by atoms with Gasteiger partial charge in [0.2, 0.25) is 0 Å². The highest BCUT2D eigenvalue weighted by atomic mass is 32.2. The van der Waals surface area contributed by atoms with E-state index in [1.165, 1.54) is 25.7 Å². The summed E-state index contributed by atoms with van der Waals surface area (Å²) in [7, 11) is 1.44. The van der Waals surface area contributed by atoms with Gasteiger partial charge in [-0.25, -0.2) is 0 Å². The predicted octanol–water partition coefficient (Wildman–Crippen LogP) is 2.07. The van der Waals surface area contributed by atoms with Gasteiger partial charge in [0, 0.05) is 27.8 Å². The molecule has 1 N–H and O–H groups in total. The minimum atomic E-state index is -0.542. The molecule has 0 bridgehead atoms. The zero-order valence-corrected chi connectivity index (χ0v) is 10.2. The van der Waals surface area contributed by atoms with Crippen LogP contribution < -0.4 is 5.32 Å². The first-order valence-electron chi connectivity index (χ1n) is 5.78. The van der Waals surface area contributed by atoms with E-state index in [0.717, 1.165) is 18.6 Å². The Morgan fingerprint density at radius 3 is 2.64 bits per heavy atom. The fourth-order valence-electron chi connectivity index (χ4n) is 1.99. The molecule has 0 aromatic heterocycles. The third-order valence-electron chi connectivity index (χ3n) is 3.15. The van der Waals surface area contributed by atoms with Crippen molar-refractivity contribution in [3.05, 3.63) is 0 Å². The molecule has 1 fully saturated rings. The smallest absolute Gasteiger partial charge is 0.0348 e. The van der Waals surface area contributed by atoms with Crippen LogP contribution in [0.1, 0.15) is 45.4 Å². The molecule has 1 rings (SSSR count). The van der Waals surface area contributed by atoms with Gasteiger partial charge in [-0.2, -0.15) is 0 Å². The quantitative estimate of drug-likeness (QED) is 0.738. The van der Waals surface area contributed by atoms with Gasteiger partial charge in [-0.3, -0.25) is 4.21 Å². The zero-order chi connectivity index (χ0) is 10.4. The minimum absolute atomic E-state index is 0.528. The summed E-state index contributed by atoms with van der Waals surface area (Å²) in [6, 6.07) is 0.565. The van der Waals surface area contributed by atoms with Gasteiger partial charge in [0.05, 0.1) is 0 Å². The van der Waals surface area contributed by atoms with Crippen LogP contribution in [-0.2, 0) is 10.8 Å². The van der Waals surface area contributed by atoms with Crippen LogP contribution in [0.25, 0.3) is 0 Å². The molecule has 0 aromatic rings. The van der Waals surface area contributed by atoms with Gasteiger partial charge in [-0.05, 0) is 39.7 Å². The van der Waals surface area contributed by atoms with E-state index in [4.69, 9.17) is 0 Å². The summed E-state index contributed by atoms with van der Waals surface area (Å²) in [6.45, 7) is 2.18. The monoisotopic (exact) mass is 217 g/mol. The first-order valence-corrected chi connectivity index (χ1v) is 7.16. The summed E-state index contributed by atoms with van der Waals surface area (Å²) >= 11 is 0. The fraction of sp³-hybridized carbons (Fsp3) is 1.00. The van der Waals surface area contributed by atoms with Crippen molar-refractivity contribution >= 4 is 10.8 Å². The van der Waals surface area contributed by atoms with E-state index in [-0.39, 0.29) is 0 Å². The average molecular weight is 217 g/mol. The SMILES string of the molecule is CNC(C)CCCS(=O)C1CCCC1. The molecule has 0 amide bonds. The standard InChI is InChI=1S/C11H23NOS/c1-10(12-2)6-5-9-14(13)11-7-3-4-8-11/h10-12H,3-9H2,1-2H3. The van der Waals surface area contributed by atoms with Crippen LogP contribution in [-0.4, -0.2) is 28.3 Å². The van der Waals surface area contributed by atoms with Crippen LogP contribution >= 0.6 is 0 Å². The fourth-order valence-corrected chi connectivity index (χ4v) is 3.64. The van der Waals surface area contributed by atoms with Crippen LogP contribution in [0, 0.1) is 0 Å². The molecule has 2 unspecified atom stereocenters. The maximum atomic E-state index is 11.8. The molecule has 0 radical (unpaired) electrons. The molecule has 1 aliphatic carbocycles. The van der Waals surface area contributed by atoms with Gasteiger partial charge < -0.3 is 5.32 Å². The lowest BCUT2D eigenvalue weighted by atomic mass is 10.2. The van der Waals surface area contributed by atoms with E-state index in [2.05, 4.69) is 12.2 Å². The highest BCUT2D eigenvalue weighted by Gasteiger charge is 2.20. The first-order chi connectivity index (χ1) is 6.74. The summed E-state index contributed by atoms with van der Waals surface area (Å²) in [5, 5.41) is 3.74. The molecular formula is C11H23NOS. The Balaban J connectivity index is 2.08. The number of hydrogen-bond donors (Lipinski definition) is 1. The molecule has 2 atom stereocenters. The Kier molecular flexibility index (Phi) is 5.71. The van der Waals surface area contributed by atoms with Crippen molar-refractivity contribution in [2.24, 2.45) is 0 Å². The van der Waals surface area contributed by atoms with Crippen molar-refractivity contribution in [2.75, 3.05) is 12.8 Å². The Labute approximate surface area is 90.3 Å². The normalized spacial score (nSPS) is 22.4. The molecule has 1 saturated carbocycles. The van der Waals surface area contributed by atoms with E-state index in [1.807, 2.05) is 7.05 Å². The van der Waals surface area contributed by atoms with E-state index in [0.29, 0.717) is 11.3 Å². The summed E-state index contributed by atoms with van der Waals surface area (Å²) in [5.74, 6) is 0.913. The van der Waals surface area contributed by atoms with Crippen LogP contribution in [0.3, 0.4) is 0 Å². The maximum absolute atomic E-state index is 11.8. The second-order valence-electron chi connectivity index (χ2n) is 4.32. The number of rotatable bonds is 6. The average Bonchev–Trinajstić information content (AvgIpc) is 2.70. The number of hydrogen-bond acceptors (Lipinski definition) is 2. The lowest BCUT2D eigenvalue weighted by Gasteiger charge is -2.11. The van der Waals surface area contributed by atoms with Gasteiger partial charge in [0.1, 0.15) is 0 Å². The molecule has 14 heavy (non-hydrogen) atoms. The second-order valence-corrected chi connectivity index (χ2v) is 6.16. The number of nitrogens with one attached hydrogen (secondary N) is 1. The molecule has 0 heterocycles. The first kappa shape index (κ1) is 12.2. The molecule has 2 nitrogen and oxygen atoms in total. The zero-order valence-electron chi connectivity index (χ0n) is 9.42. The van der Waals surface area contributed by atoms with Crippen LogP contribution in [0.5, 0.6) is 0 Å². The molecular weight excluding hydrogens is 194 g/mol. The molecule has 1 aliphatic rings. The van der Waals surface area contributed by atoms with E-state index < -0.39 is 10.8 Å². The molecule has 0 aliphatic heterocycles. The van der Waals surface area contributed by atoms with Crippen molar-refractivity contribution in [2.45, 2.75) is 56.7 Å². The highest BCUT2D eigenvalue weighted by molar-refractivity contribution is 7.85. The Morgan fingerprint density at radius 1 is 1.43 bits per heavy atom. The Hall–Kier alpha value is 0.110. The molecule has 0 aromatic carbocycles. The summed E-state index contributed by atoms with van der Waals surface area (Å²) in [4.78, 5) is 0. The van der Waals surface area contributed by atoms with E-state index >= 15 is 0 Å². The second kappa shape index (κ2) is 6.57.